The molecule has 1 saturated heterocycles. The summed E-state index contributed by atoms with van der Waals surface area (Å²) < 4.78 is 5.69. The van der Waals surface area contributed by atoms with Crippen LogP contribution in [0.4, 0.5) is 5.82 Å². The Morgan fingerprint density at radius 2 is 2.24 bits per heavy atom. The fourth-order valence-corrected chi connectivity index (χ4v) is 2.20. The number of nitrogens with zero attached hydrogens (tertiary/aromatic N) is 2. The highest BCUT2D eigenvalue weighted by Gasteiger charge is 2.13. The zero-order valence-electron chi connectivity index (χ0n) is 10.7. The minimum Gasteiger partial charge on any atom is -0.378 e. The highest BCUT2D eigenvalue weighted by atomic mass is 16.5. The molecule has 94 valence electrons. The van der Waals surface area contributed by atoms with Crippen molar-refractivity contribution in [2.75, 3.05) is 18.5 Å². The maximum Gasteiger partial charge on any atom is 0.129 e. The molecule has 1 fully saturated rings. The first-order valence-electron chi connectivity index (χ1n) is 6.42. The third kappa shape index (κ3) is 3.97. The summed E-state index contributed by atoms with van der Waals surface area (Å²) in [6.07, 6.45) is 5.20. The lowest BCUT2D eigenvalue weighted by Crippen LogP contribution is -2.22. The van der Waals surface area contributed by atoms with Crippen LogP contribution in [0.15, 0.2) is 6.07 Å². The summed E-state index contributed by atoms with van der Waals surface area (Å²) in [5, 5.41) is 3.34. The molecular formula is C13H21N3O. The minimum absolute atomic E-state index is 0.431. The molecule has 0 bridgehead atoms. The average Bonchev–Trinajstić information content (AvgIpc) is 2.29. The van der Waals surface area contributed by atoms with E-state index >= 15 is 0 Å². The lowest BCUT2D eigenvalue weighted by Gasteiger charge is -2.22. The smallest absolute Gasteiger partial charge is 0.129 e. The predicted octanol–water partition coefficient (Wildman–Crippen LogP) is 2.46. The molecule has 2 rings (SSSR count). The van der Waals surface area contributed by atoms with Gasteiger partial charge in [0, 0.05) is 24.9 Å². The Balaban J connectivity index is 1.77. The maximum absolute atomic E-state index is 5.69. The second-order valence-electron chi connectivity index (χ2n) is 4.65. The van der Waals surface area contributed by atoms with E-state index in [0.717, 1.165) is 36.9 Å². The third-order valence-electron chi connectivity index (χ3n) is 3.01. The number of hydrogen-bond donors (Lipinski definition) is 1. The molecule has 0 aliphatic carbocycles. The molecule has 0 aromatic carbocycles. The van der Waals surface area contributed by atoms with E-state index in [1.165, 1.54) is 19.3 Å². The summed E-state index contributed by atoms with van der Waals surface area (Å²) in [6, 6.07) is 1.98. The molecule has 0 radical (unpaired) electrons. The maximum atomic E-state index is 5.69. The van der Waals surface area contributed by atoms with Gasteiger partial charge < -0.3 is 10.1 Å². The Morgan fingerprint density at radius 3 is 2.94 bits per heavy atom. The van der Waals surface area contributed by atoms with Crippen molar-refractivity contribution < 1.29 is 4.74 Å². The van der Waals surface area contributed by atoms with E-state index in [2.05, 4.69) is 15.3 Å². The molecular weight excluding hydrogens is 214 g/mol. The van der Waals surface area contributed by atoms with Crippen LogP contribution in [0.5, 0.6) is 0 Å². The van der Waals surface area contributed by atoms with Crippen molar-refractivity contribution in [3.8, 4) is 0 Å². The highest BCUT2D eigenvalue weighted by molar-refractivity contribution is 5.35. The van der Waals surface area contributed by atoms with Crippen molar-refractivity contribution in [3.63, 3.8) is 0 Å². The van der Waals surface area contributed by atoms with Gasteiger partial charge >= 0.3 is 0 Å². The Morgan fingerprint density at radius 1 is 1.35 bits per heavy atom. The number of nitrogens with one attached hydrogen (secondary N) is 1. The number of ether oxygens (including phenoxy) is 1. The van der Waals surface area contributed by atoms with Crippen molar-refractivity contribution in [3.05, 3.63) is 17.6 Å². The topological polar surface area (TPSA) is 47.0 Å². The number of aryl methyl sites for hydroxylation is 2. The van der Waals surface area contributed by atoms with Crippen LogP contribution in [-0.4, -0.2) is 29.2 Å². The van der Waals surface area contributed by atoms with Crippen LogP contribution in [-0.2, 0) is 4.74 Å². The summed E-state index contributed by atoms with van der Waals surface area (Å²) in [6.45, 7) is 5.75. The molecule has 1 aromatic rings. The van der Waals surface area contributed by atoms with Crippen LogP contribution in [0.25, 0.3) is 0 Å². The van der Waals surface area contributed by atoms with Gasteiger partial charge in [-0.1, -0.05) is 0 Å². The van der Waals surface area contributed by atoms with E-state index in [4.69, 9.17) is 4.74 Å². The first-order valence-corrected chi connectivity index (χ1v) is 6.42. The van der Waals surface area contributed by atoms with E-state index in [1.807, 2.05) is 19.9 Å². The van der Waals surface area contributed by atoms with Crippen LogP contribution in [0.2, 0.25) is 0 Å². The van der Waals surface area contributed by atoms with Crippen molar-refractivity contribution >= 4 is 5.82 Å². The minimum atomic E-state index is 0.431. The molecule has 2 heterocycles. The second-order valence-corrected chi connectivity index (χ2v) is 4.65. The average molecular weight is 235 g/mol. The fourth-order valence-electron chi connectivity index (χ4n) is 2.20. The molecule has 1 aromatic heterocycles. The summed E-state index contributed by atoms with van der Waals surface area (Å²) in [4.78, 5) is 8.61. The SMILES string of the molecule is Cc1cc(NCCC2CCCCO2)nc(C)n1. The van der Waals surface area contributed by atoms with Gasteiger partial charge in [0.1, 0.15) is 11.6 Å². The molecule has 0 saturated carbocycles. The predicted molar refractivity (Wildman–Crippen MR) is 68.2 cm³/mol. The van der Waals surface area contributed by atoms with Gasteiger partial charge in [-0.05, 0) is 39.5 Å². The van der Waals surface area contributed by atoms with Gasteiger partial charge in [0.15, 0.2) is 0 Å². The summed E-state index contributed by atoms with van der Waals surface area (Å²) in [5.74, 6) is 1.74. The lowest BCUT2D eigenvalue weighted by atomic mass is 10.1. The van der Waals surface area contributed by atoms with Crippen molar-refractivity contribution in [2.45, 2.75) is 45.6 Å². The van der Waals surface area contributed by atoms with Crippen molar-refractivity contribution in [2.24, 2.45) is 0 Å². The molecule has 17 heavy (non-hydrogen) atoms. The first-order chi connectivity index (χ1) is 8.24. The molecule has 0 amide bonds. The van der Waals surface area contributed by atoms with Gasteiger partial charge in [0.2, 0.25) is 0 Å². The zero-order chi connectivity index (χ0) is 12.1. The van der Waals surface area contributed by atoms with Crippen LogP contribution in [0, 0.1) is 13.8 Å². The molecule has 4 nitrogen and oxygen atoms in total. The monoisotopic (exact) mass is 235 g/mol. The van der Waals surface area contributed by atoms with Gasteiger partial charge in [0.25, 0.3) is 0 Å². The lowest BCUT2D eigenvalue weighted by molar-refractivity contribution is 0.0134. The Kier molecular flexibility index (Phi) is 4.31. The van der Waals surface area contributed by atoms with Gasteiger partial charge in [-0.2, -0.15) is 0 Å². The van der Waals surface area contributed by atoms with E-state index in [1.54, 1.807) is 0 Å². The van der Waals surface area contributed by atoms with Crippen LogP contribution in [0.3, 0.4) is 0 Å². The van der Waals surface area contributed by atoms with E-state index in [0.29, 0.717) is 6.10 Å². The Hall–Kier alpha value is -1.16. The van der Waals surface area contributed by atoms with Crippen molar-refractivity contribution in [1.82, 2.24) is 9.97 Å². The van der Waals surface area contributed by atoms with Crippen molar-refractivity contribution in [1.29, 1.82) is 0 Å². The molecule has 0 spiro atoms. The summed E-state index contributed by atoms with van der Waals surface area (Å²) >= 11 is 0. The summed E-state index contributed by atoms with van der Waals surface area (Å²) in [7, 11) is 0. The van der Waals surface area contributed by atoms with Gasteiger partial charge in [-0.15, -0.1) is 0 Å². The Labute approximate surface area is 103 Å². The molecule has 4 heteroatoms. The molecule has 1 aliphatic rings. The molecule has 1 unspecified atom stereocenters. The second kappa shape index (κ2) is 5.96. The largest absolute Gasteiger partial charge is 0.378 e. The number of anilines is 1. The highest BCUT2D eigenvalue weighted by Crippen LogP contribution is 2.15. The van der Waals surface area contributed by atoms with Gasteiger partial charge in [-0.3, -0.25) is 0 Å². The first kappa shape index (κ1) is 12.3. The third-order valence-corrected chi connectivity index (χ3v) is 3.01. The van der Waals surface area contributed by atoms with Gasteiger partial charge in [-0.25, -0.2) is 9.97 Å². The molecule has 1 atom stereocenters. The molecule has 1 aliphatic heterocycles. The standard InChI is InChI=1S/C13H21N3O/c1-10-9-13(16-11(2)15-10)14-7-6-12-5-3-4-8-17-12/h9,12H,3-8H2,1-2H3,(H,14,15,16). The summed E-state index contributed by atoms with van der Waals surface area (Å²) in [5.41, 5.74) is 1.01. The van der Waals surface area contributed by atoms with Crippen LogP contribution >= 0.6 is 0 Å². The fraction of sp³-hybridized carbons (Fsp3) is 0.692. The number of hydrogen-bond acceptors (Lipinski definition) is 4. The van der Waals surface area contributed by atoms with E-state index < -0.39 is 0 Å². The zero-order valence-corrected chi connectivity index (χ0v) is 10.7. The normalized spacial score (nSPS) is 20.2. The Bertz CT molecular complexity index is 341. The van der Waals surface area contributed by atoms with Gasteiger partial charge in [0.05, 0.1) is 6.10 Å². The van der Waals surface area contributed by atoms with E-state index in [-0.39, 0.29) is 0 Å². The number of aromatic nitrogens is 2. The molecule has 1 N–H and O–H groups in total. The quantitative estimate of drug-likeness (QED) is 0.871. The number of rotatable bonds is 4. The van der Waals surface area contributed by atoms with Crippen LogP contribution in [0.1, 0.15) is 37.2 Å². The van der Waals surface area contributed by atoms with Crippen LogP contribution < -0.4 is 5.32 Å². The van der Waals surface area contributed by atoms with E-state index in [9.17, 15) is 0 Å².